The lowest BCUT2D eigenvalue weighted by molar-refractivity contribution is -0.120. The number of rotatable bonds is 7. The Balaban J connectivity index is 1.73. The van der Waals surface area contributed by atoms with E-state index in [1.807, 2.05) is 37.3 Å². The smallest absolute Gasteiger partial charge is 0.232 e. The van der Waals surface area contributed by atoms with E-state index in [2.05, 4.69) is 5.32 Å². The van der Waals surface area contributed by atoms with Gasteiger partial charge in [0.05, 0.1) is 5.25 Å². The van der Waals surface area contributed by atoms with Crippen molar-refractivity contribution in [2.24, 2.45) is 0 Å². The van der Waals surface area contributed by atoms with Crippen molar-refractivity contribution in [2.45, 2.75) is 24.3 Å². The first kappa shape index (κ1) is 17.5. The van der Waals surface area contributed by atoms with Crippen molar-refractivity contribution in [1.82, 2.24) is 5.32 Å². The van der Waals surface area contributed by atoms with Crippen LogP contribution in [0.15, 0.2) is 48.5 Å². The van der Waals surface area contributed by atoms with Crippen LogP contribution < -0.4 is 5.32 Å². The van der Waals surface area contributed by atoms with Crippen LogP contribution in [-0.4, -0.2) is 17.7 Å². The summed E-state index contributed by atoms with van der Waals surface area (Å²) in [5.74, 6) is -1.30. The van der Waals surface area contributed by atoms with Crippen molar-refractivity contribution in [2.75, 3.05) is 6.54 Å². The van der Waals surface area contributed by atoms with Crippen molar-refractivity contribution < 1.29 is 13.6 Å². The molecule has 0 radical (unpaired) electrons. The molecule has 0 bridgehead atoms. The molecule has 0 heterocycles. The molecule has 2 aromatic carbocycles. The van der Waals surface area contributed by atoms with Gasteiger partial charge in [-0.05, 0) is 36.6 Å². The average Bonchev–Trinajstić information content (AvgIpc) is 2.56. The fourth-order valence-corrected chi connectivity index (χ4v) is 2.90. The van der Waals surface area contributed by atoms with E-state index < -0.39 is 11.6 Å². The van der Waals surface area contributed by atoms with Crippen LogP contribution in [0.25, 0.3) is 0 Å². The summed E-state index contributed by atoms with van der Waals surface area (Å²) < 4.78 is 26.0. The molecule has 1 atom stereocenters. The first-order valence-corrected chi connectivity index (χ1v) is 8.48. The number of carbonyl (C=O) groups is 1. The summed E-state index contributed by atoms with van der Waals surface area (Å²) in [4.78, 5) is 12.0. The number of nitrogens with one attached hydrogen (secondary N) is 1. The molecule has 122 valence electrons. The van der Waals surface area contributed by atoms with Crippen LogP contribution in [0.1, 0.15) is 18.1 Å². The third-order valence-corrected chi connectivity index (χ3v) is 4.62. The summed E-state index contributed by atoms with van der Waals surface area (Å²) in [6, 6.07) is 13.7. The number of benzene rings is 2. The minimum atomic E-state index is -0.858. The monoisotopic (exact) mass is 335 g/mol. The summed E-state index contributed by atoms with van der Waals surface area (Å²) in [7, 11) is 0. The van der Waals surface area contributed by atoms with Gasteiger partial charge in [-0.3, -0.25) is 4.79 Å². The predicted octanol–water partition coefficient (Wildman–Crippen LogP) is 3.95. The highest BCUT2D eigenvalue weighted by Crippen LogP contribution is 2.19. The van der Waals surface area contributed by atoms with E-state index in [1.165, 1.54) is 29.5 Å². The summed E-state index contributed by atoms with van der Waals surface area (Å²) in [6.07, 6.45) is 0.785. The van der Waals surface area contributed by atoms with Crippen LogP contribution in [-0.2, 0) is 17.0 Å². The molecule has 5 heteroatoms. The Kier molecular flexibility index (Phi) is 6.59. The maximum absolute atomic E-state index is 13.1. The number of thioether (sulfide) groups is 1. The SMILES string of the molecule is CC(SCc1ccc(F)c(F)c1)C(=O)NCCc1ccccc1. The van der Waals surface area contributed by atoms with Gasteiger partial charge in [0.15, 0.2) is 11.6 Å². The quantitative estimate of drug-likeness (QED) is 0.830. The standard InChI is InChI=1S/C18H19F2NOS/c1-13(23-12-15-7-8-16(19)17(20)11-15)18(22)21-10-9-14-5-3-2-4-6-14/h2-8,11,13H,9-10,12H2,1H3,(H,21,22). The number of carbonyl (C=O) groups excluding carboxylic acids is 1. The van der Waals surface area contributed by atoms with Crippen molar-refractivity contribution >= 4 is 17.7 Å². The van der Waals surface area contributed by atoms with E-state index in [0.717, 1.165) is 12.5 Å². The van der Waals surface area contributed by atoms with Crippen molar-refractivity contribution in [3.63, 3.8) is 0 Å². The van der Waals surface area contributed by atoms with E-state index in [4.69, 9.17) is 0 Å². The summed E-state index contributed by atoms with van der Waals surface area (Å²) in [5, 5.41) is 2.64. The van der Waals surface area contributed by atoms with Crippen LogP contribution in [0.4, 0.5) is 8.78 Å². The first-order valence-electron chi connectivity index (χ1n) is 7.43. The molecule has 23 heavy (non-hydrogen) atoms. The average molecular weight is 335 g/mol. The van der Waals surface area contributed by atoms with Gasteiger partial charge in [0.1, 0.15) is 0 Å². The Morgan fingerprint density at radius 2 is 1.83 bits per heavy atom. The lowest BCUT2D eigenvalue weighted by Crippen LogP contribution is -2.32. The number of hydrogen-bond acceptors (Lipinski definition) is 2. The fraction of sp³-hybridized carbons (Fsp3) is 0.278. The highest BCUT2D eigenvalue weighted by atomic mass is 32.2. The Morgan fingerprint density at radius 3 is 2.52 bits per heavy atom. The van der Waals surface area contributed by atoms with Gasteiger partial charge in [-0.1, -0.05) is 36.4 Å². The molecule has 1 amide bonds. The van der Waals surface area contributed by atoms with Crippen LogP contribution in [0, 0.1) is 11.6 Å². The summed E-state index contributed by atoms with van der Waals surface area (Å²) >= 11 is 1.40. The zero-order chi connectivity index (χ0) is 16.7. The lowest BCUT2D eigenvalue weighted by atomic mass is 10.1. The minimum Gasteiger partial charge on any atom is -0.355 e. The second-order valence-electron chi connectivity index (χ2n) is 5.23. The topological polar surface area (TPSA) is 29.1 Å². The lowest BCUT2D eigenvalue weighted by Gasteiger charge is -2.12. The largest absolute Gasteiger partial charge is 0.355 e. The molecule has 0 saturated carbocycles. The molecular weight excluding hydrogens is 316 g/mol. The second-order valence-corrected chi connectivity index (χ2v) is 6.56. The Morgan fingerprint density at radius 1 is 1.09 bits per heavy atom. The Labute approximate surface area is 139 Å². The van der Waals surface area contributed by atoms with E-state index in [-0.39, 0.29) is 11.2 Å². The minimum absolute atomic E-state index is 0.0477. The molecule has 0 saturated heterocycles. The summed E-state index contributed by atoms with van der Waals surface area (Å²) in [6.45, 7) is 2.39. The zero-order valence-corrected chi connectivity index (χ0v) is 13.7. The van der Waals surface area contributed by atoms with E-state index in [0.29, 0.717) is 17.9 Å². The molecule has 2 rings (SSSR count). The van der Waals surface area contributed by atoms with Gasteiger partial charge in [-0.15, -0.1) is 11.8 Å². The first-order chi connectivity index (χ1) is 11.1. The molecular formula is C18H19F2NOS. The van der Waals surface area contributed by atoms with Crippen molar-refractivity contribution in [3.8, 4) is 0 Å². The molecule has 1 N–H and O–H groups in total. The number of hydrogen-bond donors (Lipinski definition) is 1. The van der Waals surface area contributed by atoms with Crippen LogP contribution in [0.2, 0.25) is 0 Å². The third kappa shape index (κ3) is 5.67. The maximum Gasteiger partial charge on any atom is 0.232 e. The van der Waals surface area contributed by atoms with Crippen LogP contribution in [0.3, 0.4) is 0 Å². The van der Waals surface area contributed by atoms with Gasteiger partial charge in [0.2, 0.25) is 5.91 Å². The predicted molar refractivity (Wildman–Crippen MR) is 90.3 cm³/mol. The van der Waals surface area contributed by atoms with Crippen molar-refractivity contribution in [1.29, 1.82) is 0 Å². The molecule has 0 aliphatic heterocycles. The van der Waals surface area contributed by atoms with Gasteiger partial charge in [-0.2, -0.15) is 0 Å². The fourth-order valence-electron chi connectivity index (χ4n) is 2.04. The molecule has 0 aromatic heterocycles. The molecule has 0 fully saturated rings. The van der Waals surface area contributed by atoms with E-state index in [9.17, 15) is 13.6 Å². The Hall–Kier alpha value is -1.88. The highest BCUT2D eigenvalue weighted by Gasteiger charge is 2.13. The Bertz CT molecular complexity index is 649. The van der Waals surface area contributed by atoms with Gasteiger partial charge >= 0.3 is 0 Å². The van der Waals surface area contributed by atoms with Gasteiger partial charge in [-0.25, -0.2) is 8.78 Å². The maximum atomic E-state index is 13.1. The molecule has 2 nitrogen and oxygen atoms in total. The van der Waals surface area contributed by atoms with E-state index >= 15 is 0 Å². The normalized spacial score (nSPS) is 12.0. The van der Waals surface area contributed by atoms with E-state index in [1.54, 1.807) is 0 Å². The van der Waals surface area contributed by atoms with Gasteiger partial charge in [0, 0.05) is 12.3 Å². The van der Waals surface area contributed by atoms with Crippen LogP contribution >= 0.6 is 11.8 Å². The third-order valence-electron chi connectivity index (χ3n) is 3.41. The summed E-state index contributed by atoms with van der Waals surface area (Å²) in [5.41, 5.74) is 1.84. The molecule has 2 aromatic rings. The number of halogens is 2. The van der Waals surface area contributed by atoms with Gasteiger partial charge in [0.25, 0.3) is 0 Å². The molecule has 0 spiro atoms. The van der Waals surface area contributed by atoms with Gasteiger partial charge < -0.3 is 5.32 Å². The number of amides is 1. The molecule has 1 unspecified atom stereocenters. The molecule has 0 aliphatic rings. The molecule has 0 aliphatic carbocycles. The second kappa shape index (κ2) is 8.67. The van der Waals surface area contributed by atoms with Crippen LogP contribution in [0.5, 0.6) is 0 Å². The van der Waals surface area contributed by atoms with Crippen molar-refractivity contribution in [3.05, 3.63) is 71.3 Å². The highest BCUT2D eigenvalue weighted by molar-refractivity contribution is 7.99. The zero-order valence-electron chi connectivity index (χ0n) is 12.9.